The number of halogens is 1. The summed E-state index contributed by atoms with van der Waals surface area (Å²) in [5.41, 5.74) is 0.756. The molecule has 0 spiro atoms. The first kappa shape index (κ1) is 13.5. The van der Waals surface area contributed by atoms with Crippen LogP contribution >= 0.6 is 0 Å². The number of hydrogen-bond donors (Lipinski definition) is 1. The van der Waals surface area contributed by atoms with Gasteiger partial charge in [0, 0.05) is 24.7 Å². The Bertz CT molecular complexity index is 695. The second-order valence-corrected chi connectivity index (χ2v) is 6.06. The highest BCUT2D eigenvalue weighted by atomic mass is 19.1. The normalized spacial score (nSPS) is 26.3. The van der Waals surface area contributed by atoms with Crippen LogP contribution in [0.3, 0.4) is 0 Å². The van der Waals surface area contributed by atoms with E-state index >= 15 is 0 Å². The van der Waals surface area contributed by atoms with Crippen molar-refractivity contribution >= 4 is 5.91 Å². The molecular formula is C17H17FN2O2. The molecule has 1 aromatic carbocycles. The lowest BCUT2D eigenvalue weighted by Crippen LogP contribution is -2.43. The van der Waals surface area contributed by atoms with Crippen molar-refractivity contribution < 1.29 is 13.6 Å². The van der Waals surface area contributed by atoms with Crippen molar-refractivity contribution in [3.63, 3.8) is 0 Å². The molecule has 22 heavy (non-hydrogen) atoms. The van der Waals surface area contributed by atoms with Crippen LogP contribution in [-0.2, 0) is 0 Å². The third kappa shape index (κ3) is 2.41. The quantitative estimate of drug-likeness (QED) is 0.947. The van der Waals surface area contributed by atoms with E-state index in [4.69, 9.17) is 4.42 Å². The first-order valence-electron chi connectivity index (χ1n) is 7.58. The van der Waals surface area contributed by atoms with E-state index in [2.05, 4.69) is 10.2 Å². The van der Waals surface area contributed by atoms with Crippen LogP contribution in [0.25, 0.3) is 11.3 Å². The lowest BCUT2D eigenvalue weighted by molar-refractivity contribution is 0.0897. The predicted octanol–water partition coefficient (Wildman–Crippen LogP) is 2.52. The van der Waals surface area contributed by atoms with Gasteiger partial charge in [0.25, 0.3) is 5.91 Å². The molecule has 2 saturated heterocycles. The smallest absolute Gasteiger partial charge is 0.287 e. The van der Waals surface area contributed by atoms with Crippen LogP contribution in [0.1, 0.15) is 17.0 Å². The molecule has 3 heterocycles. The van der Waals surface area contributed by atoms with E-state index in [9.17, 15) is 9.18 Å². The molecule has 5 heteroatoms. The van der Waals surface area contributed by atoms with Gasteiger partial charge in [-0.1, -0.05) is 0 Å². The maximum Gasteiger partial charge on any atom is 0.287 e. The van der Waals surface area contributed by atoms with Gasteiger partial charge in [-0.15, -0.1) is 0 Å². The topological polar surface area (TPSA) is 45.5 Å². The van der Waals surface area contributed by atoms with E-state index in [1.54, 1.807) is 24.3 Å². The number of nitrogens with zero attached hydrogens (tertiary/aromatic N) is 1. The first-order valence-corrected chi connectivity index (χ1v) is 7.58. The molecule has 1 unspecified atom stereocenters. The molecule has 2 aliphatic heterocycles. The van der Waals surface area contributed by atoms with Crippen molar-refractivity contribution in [1.29, 1.82) is 0 Å². The molecule has 0 saturated carbocycles. The van der Waals surface area contributed by atoms with Gasteiger partial charge in [0.1, 0.15) is 11.6 Å². The number of fused-ring (bicyclic) bond motifs is 2. The molecule has 2 fully saturated rings. The molecule has 0 radical (unpaired) electrons. The summed E-state index contributed by atoms with van der Waals surface area (Å²) in [5.74, 6) is 0.973. The Hall–Kier alpha value is -2.14. The Morgan fingerprint density at radius 1 is 1.18 bits per heavy atom. The minimum atomic E-state index is -0.292. The molecule has 0 aliphatic carbocycles. The molecule has 4 nitrogen and oxygen atoms in total. The number of rotatable bonds is 3. The Morgan fingerprint density at radius 3 is 2.68 bits per heavy atom. The van der Waals surface area contributed by atoms with Gasteiger partial charge in [-0.2, -0.15) is 0 Å². The summed E-state index contributed by atoms with van der Waals surface area (Å²) in [6, 6.07) is 9.66. The van der Waals surface area contributed by atoms with Crippen LogP contribution in [-0.4, -0.2) is 36.5 Å². The monoisotopic (exact) mass is 300 g/mol. The van der Waals surface area contributed by atoms with Gasteiger partial charge in [0.15, 0.2) is 5.76 Å². The SMILES string of the molecule is O=C(N[C@H]1CN2CC[C@H]1C2)c1ccc(-c2ccc(F)cc2)o1. The van der Waals surface area contributed by atoms with Gasteiger partial charge in [-0.25, -0.2) is 4.39 Å². The van der Waals surface area contributed by atoms with Crippen molar-refractivity contribution in [1.82, 2.24) is 10.2 Å². The Kier molecular flexibility index (Phi) is 3.22. The van der Waals surface area contributed by atoms with Gasteiger partial charge in [-0.05, 0) is 55.3 Å². The fraction of sp³-hybridized carbons (Fsp3) is 0.353. The van der Waals surface area contributed by atoms with Crippen molar-refractivity contribution in [3.05, 3.63) is 48.0 Å². The van der Waals surface area contributed by atoms with E-state index < -0.39 is 0 Å². The molecule has 1 N–H and O–H groups in total. The van der Waals surface area contributed by atoms with E-state index in [0.29, 0.717) is 17.4 Å². The molecule has 2 aliphatic rings. The highest BCUT2D eigenvalue weighted by molar-refractivity contribution is 5.92. The number of benzene rings is 1. The second-order valence-electron chi connectivity index (χ2n) is 6.06. The second kappa shape index (κ2) is 5.25. The lowest BCUT2D eigenvalue weighted by atomic mass is 10.00. The van der Waals surface area contributed by atoms with E-state index in [1.165, 1.54) is 12.1 Å². The lowest BCUT2D eigenvalue weighted by Gasteiger charge is -2.22. The zero-order valence-electron chi connectivity index (χ0n) is 12.1. The number of nitrogens with one attached hydrogen (secondary N) is 1. The fourth-order valence-electron chi connectivity index (χ4n) is 3.42. The number of carbonyl (C=O) groups excluding carboxylic acids is 1. The van der Waals surface area contributed by atoms with Gasteiger partial charge in [-0.3, -0.25) is 4.79 Å². The summed E-state index contributed by atoms with van der Waals surface area (Å²) >= 11 is 0. The number of furan rings is 1. The van der Waals surface area contributed by atoms with E-state index in [0.717, 1.165) is 31.6 Å². The van der Waals surface area contributed by atoms with Crippen LogP contribution in [0.4, 0.5) is 4.39 Å². The molecule has 4 rings (SSSR count). The van der Waals surface area contributed by atoms with Crippen LogP contribution in [0.5, 0.6) is 0 Å². The summed E-state index contributed by atoms with van der Waals surface area (Å²) in [7, 11) is 0. The zero-order valence-corrected chi connectivity index (χ0v) is 12.1. The highest BCUT2D eigenvalue weighted by Gasteiger charge is 2.38. The predicted molar refractivity (Wildman–Crippen MR) is 79.9 cm³/mol. The van der Waals surface area contributed by atoms with Crippen LogP contribution in [0, 0.1) is 11.7 Å². The fourth-order valence-corrected chi connectivity index (χ4v) is 3.42. The molecular weight excluding hydrogens is 283 g/mol. The van der Waals surface area contributed by atoms with Crippen molar-refractivity contribution in [2.75, 3.05) is 19.6 Å². The molecule has 3 atom stereocenters. The van der Waals surface area contributed by atoms with Gasteiger partial charge in [0.2, 0.25) is 0 Å². The Morgan fingerprint density at radius 2 is 2.00 bits per heavy atom. The average molecular weight is 300 g/mol. The van der Waals surface area contributed by atoms with Crippen molar-refractivity contribution in [3.8, 4) is 11.3 Å². The standard InChI is InChI=1S/C17H17FN2O2/c18-13-3-1-11(2-4-13)15-5-6-16(22-15)17(21)19-14-10-20-8-7-12(14)9-20/h1-6,12,14H,7-10H2,(H,19,21)/t12-,14-/m0/s1. The Balaban J connectivity index is 1.46. The summed E-state index contributed by atoms with van der Waals surface area (Å²) in [5, 5.41) is 3.07. The third-order valence-electron chi connectivity index (χ3n) is 4.61. The third-order valence-corrected chi connectivity index (χ3v) is 4.61. The number of carbonyl (C=O) groups is 1. The molecule has 114 valence electrons. The number of hydrogen-bond acceptors (Lipinski definition) is 3. The van der Waals surface area contributed by atoms with E-state index in [-0.39, 0.29) is 17.8 Å². The minimum absolute atomic E-state index is 0.174. The summed E-state index contributed by atoms with van der Waals surface area (Å²) in [6.07, 6.45) is 1.16. The van der Waals surface area contributed by atoms with Crippen LogP contribution < -0.4 is 5.32 Å². The summed E-state index contributed by atoms with van der Waals surface area (Å²) < 4.78 is 18.6. The molecule has 2 bridgehead atoms. The number of piperidine rings is 1. The highest BCUT2D eigenvalue weighted by Crippen LogP contribution is 2.28. The largest absolute Gasteiger partial charge is 0.451 e. The maximum absolute atomic E-state index is 12.9. The summed E-state index contributed by atoms with van der Waals surface area (Å²) in [4.78, 5) is 14.7. The molecule has 2 aromatic rings. The van der Waals surface area contributed by atoms with Gasteiger partial charge < -0.3 is 14.6 Å². The minimum Gasteiger partial charge on any atom is -0.451 e. The van der Waals surface area contributed by atoms with E-state index in [1.807, 2.05) is 0 Å². The van der Waals surface area contributed by atoms with Crippen molar-refractivity contribution in [2.24, 2.45) is 5.92 Å². The van der Waals surface area contributed by atoms with Gasteiger partial charge in [0.05, 0.1) is 0 Å². The number of amides is 1. The van der Waals surface area contributed by atoms with Crippen molar-refractivity contribution in [2.45, 2.75) is 12.5 Å². The van der Waals surface area contributed by atoms with Crippen LogP contribution in [0.2, 0.25) is 0 Å². The zero-order chi connectivity index (χ0) is 15.1. The van der Waals surface area contributed by atoms with Crippen LogP contribution in [0.15, 0.2) is 40.8 Å². The average Bonchev–Trinajstić information content (AvgIpc) is 3.24. The molecule has 1 amide bonds. The summed E-state index contributed by atoms with van der Waals surface area (Å²) in [6.45, 7) is 3.17. The molecule has 1 aromatic heterocycles. The first-order chi connectivity index (χ1) is 10.7. The Labute approximate surface area is 127 Å². The maximum atomic E-state index is 12.9. The van der Waals surface area contributed by atoms with Gasteiger partial charge >= 0.3 is 0 Å².